The first-order valence-corrected chi connectivity index (χ1v) is 21.9. The predicted molar refractivity (Wildman–Crippen MR) is 236 cm³/mol. The second-order valence-electron chi connectivity index (χ2n) is 16.6. The second-order valence-corrected chi connectivity index (χ2v) is 16.6. The number of hydrogen-bond acceptors (Lipinski definition) is 11. The molecule has 5 aromatic carbocycles. The van der Waals surface area contributed by atoms with E-state index in [9.17, 15) is 9.59 Å². The molecule has 3 heterocycles. The zero-order chi connectivity index (χ0) is 43.7. The number of carbonyl (C=O) groups excluding carboxylic acids is 2. The average molecular weight is 865 g/mol. The van der Waals surface area contributed by atoms with Crippen LogP contribution in [0.25, 0.3) is 6.08 Å². The molecule has 3 fully saturated rings. The fraction of sp³-hybridized carbons (Fsp3) is 0.321. The second kappa shape index (κ2) is 20.6. The molecule has 5 aromatic rings. The lowest BCUT2D eigenvalue weighted by Crippen LogP contribution is -2.63. The molecule has 330 valence electrons. The van der Waals surface area contributed by atoms with E-state index in [-0.39, 0.29) is 49.6 Å². The van der Waals surface area contributed by atoms with Crippen LogP contribution in [0.4, 0.5) is 0 Å². The van der Waals surface area contributed by atoms with E-state index in [0.29, 0.717) is 31.0 Å². The van der Waals surface area contributed by atoms with E-state index in [4.69, 9.17) is 42.6 Å². The molecule has 1 saturated carbocycles. The number of rotatable bonds is 18. The van der Waals surface area contributed by atoms with Crippen LogP contribution >= 0.6 is 0 Å². The van der Waals surface area contributed by atoms with Crippen LogP contribution in [-0.2, 0) is 73.9 Å². The zero-order valence-corrected chi connectivity index (χ0v) is 35.6. The van der Waals surface area contributed by atoms with Crippen LogP contribution in [0.2, 0.25) is 0 Å². The lowest BCUT2D eigenvalue weighted by Gasteiger charge is -2.46. The van der Waals surface area contributed by atoms with Gasteiger partial charge in [-0.2, -0.15) is 0 Å². The Morgan fingerprint density at radius 2 is 1.25 bits per heavy atom. The van der Waals surface area contributed by atoms with Gasteiger partial charge in [-0.3, -0.25) is 0 Å². The van der Waals surface area contributed by atoms with Crippen molar-refractivity contribution in [2.24, 2.45) is 17.8 Å². The first-order valence-electron chi connectivity index (χ1n) is 21.9. The summed E-state index contributed by atoms with van der Waals surface area (Å²) in [5, 5.41) is 0. The Kier molecular flexibility index (Phi) is 13.9. The highest BCUT2D eigenvalue weighted by atomic mass is 16.8. The van der Waals surface area contributed by atoms with Gasteiger partial charge >= 0.3 is 11.9 Å². The number of hydrogen-bond donors (Lipinski definition) is 0. The lowest BCUT2D eigenvalue weighted by atomic mass is 9.84. The fourth-order valence-corrected chi connectivity index (χ4v) is 8.99. The summed E-state index contributed by atoms with van der Waals surface area (Å²) in [6.45, 7) is 3.38. The van der Waals surface area contributed by atoms with E-state index in [1.807, 2.05) is 146 Å². The summed E-state index contributed by atoms with van der Waals surface area (Å²) < 4.78 is 57.9. The lowest BCUT2D eigenvalue weighted by molar-refractivity contribution is -0.353. The van der Waals surface area contributed by atoms with Gasteiger partial charge in [0.2, 0.25) is 12.6 Å². The molecule has 64 heavy (non-hydrogen) atoms. The molecule has 1 aliphatic carbocycles. The van der Waals surface area contributed by atoms with Gasteiger partial charge in [0, 0.05) is 17.9 Å². The van der Waals surface area contributed by atoms with Crippen LogP contribution in [0.1, 0.15) is 41.2 Å². The van der Waals surface area contributed by atoms with Crippen molar-refractivity contribution < 1.29 is 52.2 Å². The molecule has 0 amide bonds. The number of esters is 2. The van der Waals surface area contributed by atoms with E-state index in [1.54, 1.807) is 6.08 Å². The molecule has 9 rings (SSSR count). The van der Waals surface area contributed by atoms with Crippen molar-refractivity contribution in [1.82, 2.24) is 0 Å². The smallest absolute Gasteiger partial charge is 0.337 e. The number of benzene rings is 5. The van der Waals surface area contributed by atoms with Gasteiger partial charge in [-0.25, -0.2) is 9.59 Å². The van der Waals surface area contributed by atoms with Crippen molar-refractivity contribution >= 4 is 18.0 Å². The summed E-state index contributed by atoms with van der Waals surface area (Å²) in [6, 6.07) is 46.9. The van der Waals surface area contributed by atoms with Crippen LogP contribution in [0, 0.1) is 17.8 Å². The van der Waals surface area contributed by atoms with Crippen molar-refractivity contribution in [2.75, 3.05) is 6.61 Å². The number of ether oxygens (including phenoxy) is 9. The highest BCUT2D eigenvalue weighted by Crippen LogP contribution is 2.52. The third-order valence-corrected chi connectivity index (χ3v) is 12.2. The van der Waals surface area contributed by atoms with Gasteiger partial charge in [-0.1, -0.05) is 140 Å². The molecule has 11 nitrogen and oxygen atoms in total. The van der Waals surface area contributed by atoms with Gasteiger partial charge in [0.05, 0.1) is 38.3 Å². The van der Waals surface area contributed by atoms with Crippen LogP contribution in [0.3, 0.4) is 0 Å². The standard InChI is InChI=1S/C53H52O11/c1-35-28-43-47-42(51(55)61-43)33-60-52(46(35)47)64-53-50(63-45(54)27-24-36-22-25-41(26-23-36)57-30-38-16-8-3-9-17-38)49(59-32-40-20-12-5-13-21-40)48(58-31-39-18-10-4-11-19-39)44(62-53)34-56-29-37-14-6-2-7-15-37/h2-27,33,35,43-44,46-50,52-53H,28-32,34H2,1H3/b27-24+/t35-,43-,44+,46+,47-,48+,49-,50+,52-,53-/m0/s1. The highest BCUT2D eigenvalue weighted by Gasteiger charge is 2.59. The topological polar surface area (TPSA) is 117 Å². The Labute approximate surface area is 373 Å². The average Bonchev–Trinajstić information content (AvgIpc) is 3.83. The van der Waals surface area contributed by atoms with Crippen LogP contribution in [-0.4, -0.2) is 61.6 Å². The molecular weight excluding hydrogens is 813 g/mol. The zero-order valence-electron chi connectivity index (χ0n) is 35.6. The van der Waals surface area contributed by atoms with Gasteiger partial charge in [0.25, 0.3) is 0 Å². The Bertz CT molecular complexity index is 2340. The summed E-state index contributed by atoms with van der Waals surface area (Å²) in [5.74, 6) is -0.627. The van der Waals surface area contributed by atoms with E-state index in [2.05, 4.69) is 6.92 Å². The molecule has 0 N–H and O–H groups in total. The van der Waals surface area contributed by atoms with Gasteiger partial charge in [-0.15, -0.1) is 0 Å². The van der Waals surface area contributed by atoms with Gasteiger partial charge < -0.3 is 42.6 Å². The van der Waals surface area contributed by atoms with Gasteiger partial charge in [0.15, 0.2) is 6.10 Å². The normalized spacial score (nSPS) is 27.0. The largest absolute Gasteiger partial charge is 0.489 e. The third-order valence-electron chi connectivity index (χ3n) is 12.2. The molecule has 3 aliphatic heterocycles. The maximum atomic E-state index is 14.1. The van der Waals surface area contributed by atoms with E-state index in [1.165, 1.54) is 12.3 Å². The summed E-state index contributed by atoms with van der Waals surface area (Å²) >= 11 is 0. The molecule has 10 atom stereocenters. The van der Waals surface area contributed by atoms with Crippen LogP contribution in [0.15, 0.2) is 164 Å². The Hall–Kier alpha value is -6.08. The van der Waals surface area contributed by atoms with Crippen LogP contribution in [0.5, 0.6) is 5.75 Å². The third kappa shape index (κ3) is 10.5. The minimum atomic E-state index is -1.20. The molecule has 11 heteroatoms. The SMILES string of the molecule is C[C@H]1C[C@@H]2OC(=O)C3=CO[C@@H](O[C@@H]4O[C@H](COCc5ccccc5)[C@@H](OCc5ccccc5)[C@H](OCc5ccccc5)[C@H]4OC(=O)/C=C/c4ccc(OCc5ccccc5)cc4)[C@H]1[C@@H]32. The quantitative estimate of drug-likeness (QED) is 0.0622. The molecule has 0 spiro atoms. The van der Waals surface area contributed by atoms with Crippen molar-refractivity contribution in [2.45, 2.75) is 82.9 Å². The predicted octanol–water partition coefficient (Wildman–Crippen LogP) is 8.76. The van der Waals surface area contributed by atoms with Crippen molar-refractivity contribution in [3.63, 3.8) is 0 Å². The molecular formula is C53H52O11. The van der Waals surface area contributed by atoms with Gasteiger partial charge in [-0.05, 0) is 58.4 Å². The molecule has 0 unspecified atom stereocenters. The van der Waals surface area contributed by atoms with Crippen molar-refractivity contribution in [1.29, 1.82) is 0 Å². The first kappa shape index (κ1) is 43.2. The Morgan fingerprint density at radius 1 is 0.672 bits per heavy atom. The maximum Gasteiger partial charge on any atom is 0.337 e. The van der Waals surface area contributed by atoms with Crippen molar-refractivity contribution in [3.05, 3.63) is 191 Å². The first-order chi connectivity index (χ1) is 31.4. The summed E-state index contributed by atoms with van der Waals surface area (Å²) in [5.41, 5.74) is 5.19. The summed E-state index contributed by atoms with van der Waals surface area (Å²) in [4.78, 5) is 26.8. The Balaban J connectivity index is 1.01. The Morgan fingerprint density at radius 3 is 1.88 bits per heavy atom. The molecule has 0 radical (unpaired) electrons. The molecule has 2 saturated heterocycles. The molecule has 0 bridgehead atoms. The summed E-state index contributed by atoms with van der Waals surface area (Å²) in [6.07, 6.45) is -0.740. The van der Waals surface area contributed by atoms with Crippen molar-refractivity contribution in [3.8, 4) is 5.75 Å². The van der Waals surface area contributed by atoms with E-state index >= 15 is 0 Å². The minimum absolute atomic E-state index is 0.0940. The molecule has 4 aliphatic rings. The number of carbonyl (C=O) groups is 2. The highest BCUT2D eigenvalue weighted by molar-refractivity contribution is 5.91. The summed E-state index contributed by atoms with van der Waals surface area (Å²) in [7, 11) is 0. The minimum Gasteiger partial charge on any atom is -0.489 e. The van der Waals surface area contributed by atoms with E-state index < -0.39 is 43.0 Å². The monoisotopic (exact) mass is 864 g/mol. The van der Waals surface area contributed by atoms with Crippen LogP contribution < -0.4 is 4.74 Å². The van der Waals surface area contributed by atoms with E-state index in [0.717, 1.165) is 27.8 Å². The fourth-order valence-electron chi connectivity index (χ4n) is 8.99. The van der Waals surface area contributed by atoms with Gasteiger partial charge in [0.1, 0.15) is 36.8 Å². The molecule has 0 aromatic heterocycles. The maximum absolute atomic E-state index is 14.1.